The predicted molar refractivity (Wildman–Crippen MR) is 116 cm³/mol. The topological polar surface area (TPSA) is 66.5 Å². The van der Waals surface area contributed by atoms with Crippen molar-refractivity contribution in [3.8, 4) is 0 Å². The molecule has 2 aromatic carbocycles. The van der Waals surface area contributed by atoms with Crippen LogP contribution < -0.4 is 5.32 Å². The normalized spacial score (nSPS) is 27.3. The molecule has 0 aromatic heterocycles. The zero-order chi connectivity index (χ0) is 21.4. The van der Waals surface area contributed by atoms with Crippen molar-refractivity contribution in [3.63, 3.8) is 0 Å². The highest BCUT2D eigenvalue weighted by atomic mass is 16.2. The number of benzene rings is 2. The lowest BCUT2D eigenvalue weighted by Crippen LogP contribution is -2.51. The lowest BCUT2D eigenvalue weighted by atomic mass is 9.63. The third kappa shape index (κ3) is 3.58. The van der Waals surface area contributed by atoms with Crippen LogP contribution in [0.2, 0.25) is 0 Å². The number of nitrogens with zero attached hydrogens (tertiary/aromatic N) is 1. The Hall–Kier alpha value is -3.21. The van der Waals surface area contributed by atoms with E-state index in [0.717, 1.165) is 24.0 Å². The van der Waals surface area contributed by atoms with Crippen molar-refractivity contribution >= 4 is 17.7 Å². The van der Waals surface area contributed by atoms with Crippen LogP contribution in [0, 0.1) is 23.7 Å². The van der Waals surface area contributed by atoms with Crippen LogP contribution in [-0.2, 0) is 27.3 Å². The fourth-order valence-electron chi connectivity index (χ4n) is 5.45. The van der Waals surface area contributed by atoms with E-state index in [0.29, 0.717) is 13.0 Å². The summed E-state index contributed by atoms with van der Waals surface area (Å²) in [6, 6.07) is 18.4. The number of allylic oxidation sites excluding steroid dienone is 2. The van der Waals surface area contributed by atoms with Gasteiger partial charge in [0.2, 0.25) is 17.7 Å². The van der Waals surface area contributed by atoms with Gasteiger partial charge in [-0.3, -0.25) is 19.3 Å². The van der Waals surface area contributed by atoms with Crippen LogP contribution in [0.5, 0.6) is 0 Å². The van der Waals surface area contributed by atoms with Gasteiger partial charge in [-0.25, -0.2) is 0 Å². The van der Waals surface area contributed by atoms with Crippen LogP contribution in [0.25, 0.3) is 0 Å². The summed E-state index contributed by atoms with van der Waals surface area (Å²) in [6.45, 7) is 0.362. The van der Waals surface area contributed by atoms with E-state index >= 15 is 0 Å². The zero-order valence-corrected chi connectivity index (χ0v) is 17.3. The molecule has 0 radical (unpaired) electrons. The number of hydrogen-bond acceptors (Lipinski definition) is 3. The van der Waals surface area contributed by atoms with Crippen molar-refractivity contribution in [3.05, 3.63) is 83.9 Å². The van der Waals surface area contributed by atoms with Crippen molar-refractivity contribution in [2.75, 3.05) is 0 Å². The molecule has 0 unspecified atom stereocenters. The molecule has 1 aliphatic heterocycles. The second kappa shape index (κ2) is 8.14. The first kappa shape index (κ1) is 19.7. The van der Waals surface area contributed by atoms with Crippen LogP contribution in [0.3, 0.4) is 0 Å². The van der Waals surface area contributed by atoms with Gasteiger partial charge in [0.15, 0.2) is 0 Å². The monoisotopic (exact) mass is 414 g/mol. The van der Waals surface area contributed by atoms with Crippen molar-refractivity contribution in [1.29, 1.82) is 0 Å². The molecular weight excluding hydrogens is 388 g/mol. The SMILES string of the molecule is O=C(NCc1ccccc1)[C@H](Cc1ccccc1)N1C(=O)[C@@H]2[C@H](C1=O)[C@H]1C=C[C@H]2CC1. The molecule has 1 saturated carbocycles. The van der Waals surface area contributed by atoms with E-state index in [4.69, 9.17) is 0 Å². The Labute approximate surface area is 182 Å². The summed E-state index contributed by atoms with van der Waals surface area (Å²) >= 11 is 0. The maximum absolute atomic E-state index is 13.4. The van der Waals surface area contributed by atoms with Gasteiger partial charge in [-0.15, -0.1) is 0 Å². The van der Waals surface area contributed by atoms with E-state index in [2.05, 4.69) is 17.5 Å². The van der Waals surface area contributed by atoms with E-state index in [1.54, 1.807) is 0 Å². The summed E-state index contributed by atoms with van der Waals surface area (Å²) < 4.78 is 0. The molecule has 5 nitrogen and oxygen atoms in total. The number of fused-ring (bicyclic) bond motifs is 1. The van der Waals surface area contributed by atoms with Crippen LogP contribution in [0.1, 0.15) is 24.0 Å². The molecule has 3 aliphatic carbocycles. The molecule has 3 amide bonds. The number of nitrogens with one attached hydrogen (secondary N) is 1. The molecule has 5 atom stereocenters. The molecule has 6 rings (SSSR count). The van der Waals surface area contributed by atoms with Gasteiger partial charge in [0.1, 0.15) is 6.04 Å². The molecule has 1 N–H and O–H groups in total. The van der Waals surface area contributed by atoms with Gasteiger partial charge in [-0.2, -0.15) is 0 Å². The van der Waals surface area contributed by atoms with E-state index in [9.17, 15) is 14.4 Å². The Bertz CT molecular complexity index is 985. The summed E-state index contributed by atoms with van der Waals surface area (Å²) in [4.78, 5) is 41.5. The van der Waals surface area contributed by atoms with Gasteiger partial charge in [-0.05, 0) is 35.8 Å². The molecule has 1 heterocycles. The summed E-state index contributed by atoms with van der Waals surface area (Å²) in [5.41, 5.74) is 1.91. The Kier molecular flexibility index (Phi) is 5.18. The molecule has 1 saturated heterocycles. The zero-order valence-electron chi connectivity index (χ0n) is 17.3. The highest BCUT2D eigenvalue weighted by Crippen LogP contribution is 2.50. The summed E-state index contributed by atoms with van der Waals surface area (Å²) in [5.74, 6) is -1.03. The molecule has 5 heteroatoms. The van der Waals surface area contributed by atoms with Crippen molar-refractivity contribution in [2.45, 2.75) is 31.8 Å². The molecule has 2 bridgehead atoms. The van der Waals surface area contributed by atoms with Crippen LogP contribution in [0.4, 0.5) is 0 Å². The number of rotatable bonds is 6. The third-order valence-corrected chi connectivity index (χ3v) is 6.99. The minimum atomic E-state index is -0.837. The molecule has 158 valence electrons. The second-order valence-electron chi connectivity index (χ2n) is 8.80. The smallest absolute Gasteiger partial charge is 0.243 e. The molecule has 2 aromatic rings. The number of carbonyl (C=O) groups is 3. The number of amides is 3. The first-order valence-corrected chi connectivity index (χ1v) is 11.0. The largest absolute Gasteiger partial charge is 0.350 e. The Morgan fingerprint density at radius 3 is 1.87 bits per heavy atom. The quantitative estimate of drug-likeness (QED) is 0.583. The lowest BCUT2D eigenvalue weighted by molar-refractivity contribution is -0.148. The lowest BCUT2D eigenvalue weighted by Gasteiger charge is -2.38. The standard InChI is InChI=1S/C26H26N2O3/c29-24(27-16-18-9-5-2-6-10-18)21(15-17-7-3-1-4-8-17)28-25(30)22-19-11-12-20(14-13-19)23(22)26(28)31/h1-12,19-23H,13-16H2,(H,27,29)/t19-,20-,21-,22-,23+/m0/s1. The van der Waals surface area contributed by atoms with Gasteiger partial charge in [-0.1, -0.05) is 72.8 Å². The van der Waals surface area contributed by atoms with Gasteiger partial charge in [0.25, 0.3) is 0 Å². The number of hydrogen-bond donors (Lipinski definition) is 1. The van der Waals surface area contributed by atoms with Gasteiger partial charge >= 0.3 is 0 Å². The van der Waals surface area contributed by atoms with Gasteiger partial charge in [0.05, 0.1) is 11.8 Å². The predicted octanol–water partition coefficient (Wildman–Crippen LogP) is 3.11. The average molecular weight is 415 g/mol. The van der Waals surface area contributed by atoms with Crippen molar-refractivity contribution < 1.29 is 14.4 Å². The van der Waals surface area contributed by atoms with Crippen LogP contribution >= 0.6 is 0 Å². The van der Waals surface area contributed by atoms with Gasteiger partial charge < -0.3 is 5.32 Å². The maximum atomic E-state index is 13.4. The fourth-order valence-corrected chi connectivity index (χ4v) is 5.45. The Morgan fingerprint density at radius 2 is 1.35 bits per heavy atom. The first-order chi connectivity index (χ1) is 15.1. The highest BCUT2D eigenvalue weighted by molar-refractivity contribution is 6.09. The number of likely N-dealkylation sites (tertiary alicyclic amines) is 1. The summed E-state index contributed by atoms with van der Waals surface area (Å²) in [7, 11) is 0. The van der Waals surface area contributed by atoms with E-state index in [1.807, 2.05) is 60.7 Å². The van der Waals surface area contributed by atoms with Crippen LogP contribution in [-0.4, -0.2) is 28.7 Å². The summed E-state index contributed by atoms with van der Waals surface area (Å²) in [6.07, 6.45) is 6.41. The van der Waals surface area contributed by atoms with E-state index < -0.39 is 6.04 Å². The van der Waals surface area contributed by atoms with Crippen LogP contribution in [0.15, 0.2) is 72.8 Å². The van der Waals surface area contributed by atoms with E-state index in [-0.39, 0.29) is 41.4 Å². The van der Waals surface area contributed by atoms with E-state index in [1.165, 1.54) is 4.90 Å². The molecule has 0 spiro atoms. The third-order valence-electron chi connectivity index (χ3n) is 6.99. The number of imide groups is 1. The van der Waals surface area contributed by atoms with Crippen molar-refractivity contribution in [2.24, 2.45) is 23.7 Å². The fraction of sp³-hybridized carbons (Fsp3) is 0.346. The molecule has 31 heavy (non-hydrogen) atoms. The molecule has 2 fully saturated rings. The average Bonchev–Trinajstić information content (AvgIpc) is 3.10. The first-order valence-electron chi connectivity index (χ1n) is 11.0. The second-order valence-corrected chi connectivity index (χ2v) is 8.80. The Balaban J connectivity index is 1.42. The van der Waals surface area contributed by atoms with Gasteiger partial charge in [0, 0.05) is 13.0 Å². The van der Waals surface area contributed by atoms with Crippen molar-refractivity contribution in [1.82, 2.24) is 10.2 Å². The maximum Gasteiger partial charge on any atom is 0.243 e. The Morgan fingerprint density at radius 1 is 0.839 bits per heavy atom. The number of carbonyl (C=O) groups excluding carboxylic acids is 3. The minimum Gasteiger partial charge on any atom is -0.350 e. The minimum absolute atomic E-state index is 0.112. The molecular formula is C26H26N2O3. The highest BCUT2D eigenvalue weighted by Gasteiger charge is 2.58. The molecule has 4 aliphatic rings. The summed E-state index contributed by atoms with van der Waals surface area (Å²) in [5, 5.41) is 2.96.